The predicted molar refractivity (Wildman–Crippen MR) is 473 cm³/mol. The Labute approximate surface area is 711 Å². The van der Waals surface area contributed by atoms with Gasteiger partial charge in [-0.1, -0.05) is 12.8 Å². The SMILES string of the molecule is CCOCCC(=O)Nc1nc2ccc(C)nc2n1C1CCC1.Cc1ccc2nc(NC(=O)CC(C)OC3CCCC3)n(C3CCC3)c2n1.Cc1ccc2nc(NC(=O)CCOC(C)C)n(C3CCC3)c2n1.Cc1ccc2nc(NC(=O)C[C@@H](C)OC(C)(C)C)n(C3CCC3)c2n1.Cc1ccc2nc(NC(=O)C[C@H](C)OC(C)(C)C)n(C3CCC3)c2n1. The van der Waals surface area contributed by atoms with Crippen molar-refractivity contribution in [1.29, 1.82) is 0 Å². The van der Waals surface area contributed by atoms with Gasteiger partial charge in [0.15, 0.2) is 28.2 Å². The summed E-state index contributed by atoms with van der Waals surface area (Å²) in [5, 5.41) is 14.8. The van der Waals surface area contributed by atoms with E-state index in [1.54, 1.807) is 0 Å². The number of rotatable bonds is 28. The molecule has 6 aliphatic rings. The van der Waals surface area contributed by atoms with E-state index in [2.05, 4.69) is 99.3 Å². The summed E-state index contributed by atoms with van der Waals surface area (Å²) in [5.41, 5.74) is 12.8. The summed E-state index contributed by atoms with van der Waals surface area (Å²) in [4.78, 5) is 108. The Bertz CT molecular complexity index is 5060. The maximum Gasteiger partial charge on any atom is 0.229 e. The molecule has 0 radical (unpaired) electrons. The first-order valence-electron chi connectivity index (χ1n) is 44.3. The summed E-state index contributed by atoms with van der Waals surface area (Å²) < 4.78 is 38.8. The summed E-state index contributed by atoms with van der Waals surface area (Å²) in [6, 6.07) is 21.5. The number of nitrogens with one attached hydrogen (secondary N) is 5. The van der Waals surface area contributed by atoms with E-state index in [9.17, 15) is 24.0 Å². The molecule has 0 bridgehead atoms. The number of ether oxygens (including phenoxy) is 5. The normalized spacial score (nSPS) is 16.7. The van der Waals surface area contributed by atoms with Crippen LogP contribution in [-0.4, -0.2) is 164 Å². The molecule has 6 fully saturated rings. The van der Waals surface area contributed by atoms with E-state index in [1.165, 1.54) is 44.9 Å². The molecule has 0 aliphatic heterocycles. The third-order valence-electron chi connectivity index (χ3n) is 22.6. The van der Waals surface area contributed by atoms with Crippen LogP contribution in [0.4, 0.5) is 29.7 Å². The first kappa shape index (κ1) is 90.5. The van der Waals surface area contributed by atoms with Crippen molar-refractivity contribution in [2.24, 2.45) is 0 Å². The van der Waals surface area contributed by atoms with Gasteiger partial charge < -0.3 is 23.7 Å². The molecule has 0 saturated heterocycles. The zero-order valence-corrected chi connectivity index (χ0v) is 74.4. The lowest BCUT2D eigenvalue weighted by Gasteiger charge is -2.29. The summed E-state index contributed by atoms with van der Waals surface area (Å²) in [7, 11) is 0. The highest BCUT2D eigenvalue weighted by molar-refractivity contribution is 5.95. The van der Waals surface area contributed by atoms with E-state index >= 15 is 0 Å². The Hall–Kier alpha value is -9.75. The van der Waals surface area contributed by atoms with Gasteiger partial charge in [-0.3, -0.25) is 73.4 Å². The molecule has 654 valence electrons. The Kier molecular flexibility index (Phi) is 30.6. The molecule has 16 rings (SSSR count). The highest BCUT2D eigenvalue weighted by Crippen LogP contribution is 2.42. The molecular weight excluding hydrogens is 1530 g/mol. The first-order chi connectivity index (χ1) is 57.8. The maximum atomic E-state index is 12.6. The molecule has 0 aromatic carbocycles. The Morgan fingerprint density at radius 2 is 0.612 bits per heavy atom. The molecule has 3 atom stereocenters. The van der Waals surface area contributed by atoms with Gasteiger partial charge in [0.25, 0.3) is 0 Å². The zero-order chi connectivity index (χ0) is 86.4. The molecule has 1 unspecified atom stereocenters. The van der Waals surface area contributed by atoms with Crippen LogP contribution in [-0.2, 0) is 47.7 Å². The second kappa shape index (κ2) is 41.0. The molecule has 5 N–H and O–H groups in total. The Morgan fingerprint density at radius 1 is 0.355 bits per heavy atom. The van der Waals surface area contributed by atoms with Crippen LogP contribution in [0.25, 0.3) is 55.8 Å². The standard InChI is InChI=1S/C20H28N4O2.2C19H28N4O2.C17H24N4O2.C16H22N4O2/c1-13-10-11-17-19(21-13)24(15-6-5-7-15)20(22-17)23-18(25)12-14(2)26-16-8-3-4-9-16;2*1-12-9-10-15-17(20-12)23(14-7-6-8-14)18(21-15)22-16(24)11-13(2)25-19(3,4)5;1-11(2)23-10-9-15(22)20-17-19-14-8-7-12(3)18-16(14)21(17)13-5-4-6-13;1-3-22-10-9-14(21)19-16-18-13-8-7-11(2)17-15(13)20(16)12-5-4-6-12/h10-11,14-16H,3-9,12H2,1-2H3,(H,22,23,25);2*9-10,13-14H,6-8,11H2,1-5H3,(H,21,22,24);7-8,11,13H,4-6,9-10H2,1-3H3,(H,19,20,22);7-8,12H,3-6,9-10H2,1-2H3,(H,18,19,21)/t;2*13-;;/m.10../s1. The van der Waals surface area contributed by atoms with E-state index in [-0.39, 0.29) is 65.2 Å². The molecule has 30 nitrogen and oxygen atoms in total. The molecule has 5 amide bonds. The molecule has 6 saturated carbocycles. The average Bonchev–Trinajstić information content (AvgIpc) is 1.66. The largest absolute Gasteiger partial charge is 0.381 e. The summed E-state index contributed by atoms with van der Waals surface area (Å²) in [6.45, 7) is 35.0. The van der Waals surface area contributed by atoms with Gasteiger partial charge in [-0.15, -0.1) is 0 Å². The number of hydrogen-bond donors (Lipinski definition) is 5. The highest BCUT2D eigenvalue weighted by atomic mass is 16.5. The first-order valence-corrected chi connectivity index (χ1v) is 44.3. The minimum Gasteiger partial charge on any atom is -0.381 e. The molecular formula is C91H130N20O10. The van der Waals surface area contributed by atoms with Crippen LogP contribution in [0.2, 0.25) is 0 Å². The van der Waals surface area contributed by atoms with Gasteiger partial charge in [0.05, 0.1) is 87.0 Å². The van der Waals surface area contributed by atoms with Crippen LogP contribution in [0.15, 0.2) is 60.7 Å². The molecule has 30 heteroatoms. The molecule has 6 aliphatic carbocycles. The van der Waals surface area contributed by atoms with Crippen molar-refractivity contribution in [3.05, 3.63) is 89.1 Å². The number of fused-ring (bicyclic) bond motifs is 5. The maximum absolute atomic E-state index is 12.6. The van der Waals surface area contributed by atoms with Crippen LogP contribution in [0.1, 0.15) is 296 Å². The number of carbonyl (C=O) groups excluding carboxylic acids is 5. The summed E-state index contributed by atoms with van der Waals surface area (Å²) in [6.07, 6.45) is 23.6. The monoisotopic (exact) mass is 1660 g/mol. The number of hydrogen-bond acceptors (Lipinski definition) is 20. The lowest BCUT2D eigenvalue weighted by atomic mass is 9.93. The van der Waals surface area contributed by atoms with Crippen LogP contribution >= 0.6 is 0 Å². The third kappa shape index (κ3) is 24.6. The average molecular weight is 1660 g/mol. The quantitative estimate of drug-likeness (QED) is 0.0284. The molecule has 0 spiro atoms. The van der Waals surface area contributed by atoms with Gasteiger partial charge in [0.2, 0.25) is 59.3 Å². The molecule has 10 aromatic rings. The number of nitrogens with zero attached hydrogens (tertiary/aromatic N) is 15. The number of aryl methyl sites for hydroxylation is 5. The number of amides is 5. The predicted octanol–water partition coefficient (Wildman–Crippen LogP) is 18.2. The van der Waals surface area contributed by atoms with Crippen molar-refractivity contribution in [1.82, 2.24) is 72.7 Å². The van der Waals surface area contributed by atoms with Gasteiger partial charge in [-0.2, -0.15) is 0 Å². The van der Waals surface area contributed by atoms with Crippen molar-refractivity contribution >= 4 is 115 Å². The van der Waals surface area contributed by atoms with E-state index in [0.717, 1.165) is 161 Å². The van der Waals surface area contributed by atoms with Gasteiger partial charge in [-0.05, 0) is 288 Å². The lowest BCUT2D eigenvalue weighted by molar-refractivity contribution is -0.123. The minimum atomic E-state index is -0.264. The lowest BCUT2D eigenvalue weighted by Crippen LogP contribution is -2.29. The van der Waals surface area contributed by atoms with E-state index in [0.29, 0.717) is 118 Å². The van der Waals surface area contributed by atoms with E-state index in [4.69, 9.17) is 23.7 Å². The fourth-order valence-electron chi connectivity index (χ4n) is 15.8. The highest BCUT2D eigenvalue weighted by Gasteiger charge is 2.34. The van der Waals surface area contributed by atoms with Crippen LogP contribution in [0.5, 0.6) is 0 Å². The fraction of sp³-hybridized carbons (Fsp3) is 0.615. The Balaban J connectivity index is 0.000000139. The molecule has 10 heterocycles. The third-order valence-corrected chi connectivity index (χ3v) is 22.6. The Morgan fingerprint density at radius 3 is 0.851 bits per heavy atom. The van der Waals surface area contributed by atoms with E-state index in [1.807, 2.05) is 178 Å². The zero-order valence-electron chi connectivity index (χ0n) is 74.4. The van der Waals surface area contributed by atoms with Crippen LogP contribution in [0, 0.1) is 34.6 Å². The van der Waals surface area contributed by atoms with Gasteiger partial charge in [-0.25, -0.2) is 49.8 Å². The van der Waals surface area contributed by atoms with Gasteiger partial charge in [0.1, 0.15) is 27.6 Å². The van der Waals surface area contributed by atoms with Crippen molar-refractivity contribution < 1.29 is 47.7 Å². The number of anilines is 5. The van der Waals surface area contributed by atoms with Gasteiger partial charge in [0, 0.05) is 65.3 Å². The van der Waals surface area contributed by atoms with Crippen molar-refractivity contribution in [2.75, 3.05) is 46.4 Å². The topological polar surface area (TPSA) is 345 Å². The van der Waals surface area contributed by atoms with Crippen molar-refractivity contribution in [2.45, 2.75) is 344 Å². The number of pyridine rings is 5. The summed E-state index contributed by atoms with van der Waals surface area (Å²) >= 11 is 0. The number of carbonyl (C=O) groups is 5. The second-order valence-electron chi connectivity index (χ2n) is 35.8. The second-order valence-corrected chi connectivity index (χ2v) is 35.8. The van der Waals surface area contributed by atoms with E-state index < -0.39 is 0 Å². The van der Waals surface area contributed by atoms with Crippen LogP contribution < -0.4 is 26.6 Å². The fourth-order valence-corrected chi connectivity index (χ4v) is 15.8. The van der Waals surface area contributed by atoms with Crippen molar-refractivity contribution in [3.63, 3.8) is 0 Å². The molecule has 121 heavy (non-hydrogen) atoms. The number of imidazole rings is 5. The number of aromatic nitrogens is 15. The van der Waals surface area contributed by atoms with Gasteiger partial charge >= 0.3 is 0 Å². The summed E-state index contributed by atoms with van der Waals surface area (Å²) in [5.74, 6) is 2.71. The molecule has 10 aromatic heterocycles. The minimum absolute atomic E-state index is 0.0388. The van der Waals surface area contributed by atoms with Crippen LogP contribution in [0.3, 0.4) is 0 Å². The van der Waals surface area contributed by atoms with Crippen molar-refractivity contribution in [3.8, 4) is 0 Å². The smallest absolute Gasteiger partial charge is 0.229 e.